The van der Waals surface area contributed by atoms with E-state index in [1.807, 2.05) is 65.6 Å². The molecule has 5 rings (SSSR count). The number of piperidine rings is 1. The molecule has 2 saturated heterocycles. The number of amides is 2. The van der Waals surface area contributed by atoms with Crippen molar-refractivity contribution in [2.24, 2.45) is 0 Å². The summed E-state index contributed by atoms with van der Waals surface area (Å²) in [6, 6.07) is 29.9. The number of ether oxygens (including phenoxy) is 1. The number of hydrogen-bond acceptors (Lipinski definition) is 4. The predicted octanol–water partition coefficient (Wildman–Crippen LogP) is 4.98. The summed E-state index contributed by atoms with van der Waals surface area (Å²) in [5, 5.41) is 3.05. The lowest BCUT2D eigenvalue weighted by Gasteiger charge is -2.51. The molecule has 210 valence electrons. The zero-order chi connectivity index (χ0) is 27.6. The summed E-state index contributed by atoms with van der Waals surface area (Å²) in [6.07, 6.45) is 5.96. The van der Waals surface area contributed by atoms with Gasteiger partial charge in [-0.2, -0.15) is 0 Å². The molecule has 1 unspecified atom stereocenters. The normalized spacial score (nSPS) is 19.1. The third kappa shape index (κ3) is 6.98. The molecular formula is C34H41N3O3. The number of hydrogen-bond donors (Lipinski definition) is 1. The van der Waals surface area contributed by atoms with E-state index in [-0.39, 0.29) is 18.4 Å². The Morgan fingerprint density at radius 1 is 0.750 bits per heavy atom. The number of benzene rings is 3. The number of nitrogens with one attached hydrogen (secondary N) is 1. The molecule has 1 N–H and O–H groups in total. The summed E-state index contributed by atoms with van der Waals surface area (Å²) in [4.78, 5) is 31.9. The maximum absolute atomic E-state index is 13.9. The second kappa shape index (κ2) is 13.7. The molecule has 0 bridgehead atoms. The minimum atomic E-state index is -0.813. The van der Waals surface area contributed by atoms with Gasteiger partial charge in [0.05, 0.1) is 13.2 Å². The Labute approximate surface area is 238 Å². The number of piperazine rings is 1. The zero-order valence-electron chi connectivity index (χ0n) is 23.3. The van der Waals surface area contributed by atoms with Crippen LogP contribution in [0.15, 0.2) is 91.0 Å². The Kier molecular flexibility index (Phi) is 9.63. The van der Waals surface area contributed by atoms with Gasteiger partial charge in [-0.05, 0) is 55.3 Å². The fourth-order valence-corrected chi connectivity index (χ4v) is 5.98. The number of nitrogens with zero attached hydrogens (tertiary/aromatic N) is 2. The van der Waals surface area contributed by atoms with Gasteiger partial charge in [-0.25, -0.2) is 0 Å². The molecule has 2 aliphatic rings. The van der Waals surface area contributed by atoms with Crippen LogP contribution in [-0.4, -0.2) is 59.4 Å². The average molecular weight is 540 g/mol. The first-order valence-electron chi connectivity index (χ1n) is 14.7. The lowest BCUT2D eigenvalue weighted by molar-refractivity contribution is -0.164. The van der Waals surface area contributed by atoms with Crippen LogP contribution in [-0.2, 0) is 33.9 Å². The highest BCUT2D eigenvalue weighted by Gasteiger charge is 2.53. The van der Waals surface area contributed by atoms with Crippen molar-refractivity contribution in [2.75, 3.05) is 26.2 Å². The molecule has 3 aromatic carbocycles. The SMILES string of the molecule is O=C1C(COCc2ccccc2)NC(=O)C2(CCN(CCCCCc3ccccc3)CC2)N1Cc1ccccc1. The van der Waals surface area contributed by atoms with Crippen molar-refractivity contribution in [2.45, 2.75) is 63.3 Å². The Morgan fingerprint density at radius 2 is 1.35 bits per heavy atom. The van der Waals surface area contributed by atoms with Crippen LogP contribution in [0.25, 0.3) is 0 Å². The summed E-state index contributed by atoms with van der Waals surface area (Å²) in [5.74, 6) is -0.0928. The number of carbonyl (C=O) groups excluding carboxylic acids is 2. The Morgan fingerprint density at radius 3 is 2.00 bits per heavy atom. The number of rotatable bonds is 12. The fourth-order valence-electron chi connectivity index (χ4n) is 5.98. The highest BCUT2D eigenvalue weighted by atomic mass is 16.5. The Hall–Kier alpha value is -3.48. The fraction of sp³-hybridized carbons (Fsp3) is 0.412. The molecule has 2 amide bonds. The molecule has 2 heterocycles. The number of carbonyl (C=O) groups is 2. The second-order valence-corrected chi connectivity index (χ2v) is 11.1. The maximum atomic E-state index is 13.9. The molecule has 0 aromatic heterocycles. The van der Waals surface area contributed by atoms with Crippen molar-refractivity contribution in [3.8, 4) is 0 Å². The highest BCUT2D eigenvalue weighted by molar-refractivity contribution is 6.00. The van der Waals surface area contributed by atoms with Crippen LogP contribution in [0.2, 0.25) is 0 Å². The van der Waals surface area contributed by atoms with Crippen LogP contribution in [0, 0.1) is 0 Å². The zero-order valence-corrected chi connectivity index (χ0v) is 23.3. The molecule has 1 atom stereocenters. The highest BCUT2D eigenvalue weighted by Crippen LogP contribution is 2.34. The van der Waals surface area contributed by atoms with E-state index < -0.39 is 11.6 Å². The van der Waals surface area contributed by atoms with Gasteiger partial charge in [0.2, 0.25) is 11.8 Å². The Bertz CT molecular complexity index is 1210. The van der Waals surface area contributed by atoms with E-state index in [1.165, 1.54) is 18.4 Å². The summed E-state index contributed by atoms with van der Waals surface area (Å²) >= 11 is 0. The predicted molar refractivity (Wildman–Crippen MR) is 157 cm³/mol. The van der Waals surface area contributed by atoms with E-state index in [9.17, 15) is 9.59 Å². The van der Waals surface area contributed by atoms with Gasteiger partial charge in [-0.15, -0.1) is 0 Å². The van der Waals surface area contributed by atoms with E-state index in [0.717, 1.165) is 43.6 Å². The van der Waals surface area contributed by atoms with E-state index >= 15 is 0 Å². The summed E-state index contributed by atoms with van der Waals surface area (Å²) in [5.41, 5.74) is 2.67. The quantitative estimate of drug-likeness (QED) is 0.330. The molecule has 6 nitrogen and oxygen atoms in total. The Balaban J connectivity index is 1.18. The first-order valence-corrected chi connectivity index (χ1v) is 14.7. The second-order valence-electron chi connectivity index (χ2n) is 11.1. The smallest absolute Gasteiger partial charge is 0.248 e. The van der Waals surface area contributed by atoms with E-state index in [4.69, 9.17) is 4.74 Å². The van der Waals surface area contributed by atoms with Crippen molar-refractivity contribution >= 4 is 11.8 Å². The topological polar surface area (TPSA) is 61.9 Å². The van der Waals surface area contributed by atoms with Crippen molar-refractivity contribution in [1.29, 1.82) is 0 Å². The molecule has 2 aliphatic heterocycles. The minimum absolute atomic E-state index is 0.0427. The van der Waals surface area contributed by atoms with Crippen LogP contribution in [0.4, 0.5) is 0 Å². The van der Waals surface area contributed by atoms with E-state index in [0.29, 0.717) is 26.0 Å². The molecular weight excluding hydrogens is 498 g/mol. The van der Waals surface area contributed by atoms with Gasteiger partial charge < -0.3 is 19.9 Å². The average Bonchev–Trinajstić information content (AvgIpc) is 3.00. The summed E-state index contributed by atoms with van der Waals surface area (Å²) < 4.78 is 5.89. The third-order valence-electron chi connectivity index (χ3n) is 8.35. The molecule has 0 aliphatic carbocycles. The molecule has 6 heteroatoms. The first kappa shape index (κ1) is 28.1. The summed E-state index contributed by atoms with van der Waals surface area (Å²) in [7, 11) is 0. The molecule has 3 aromatic rings. The largest absolute Gasteiger partial charge is 0.374 e. The number of likely N-dealkylation sites (tertiary alicyclic amines) is 1. The van der Waals surface area contributed by atoms with Crippen LogP contribution < -0.4 is 5.32 Å². The van der Waals surface area contributed by atoms with Crippen LogP contribution >= 0.6 is 0 Å². The molecule has 2 fully saturated rings. The number of unbranched alkanes of at least 4 members (excludes halogenated alkanes) is 2. The van der Waals surface area contributed by atoms with Crippen molar-refractivity contribution in [3.05, 3.63) is 108 Å². The van der Waals surface area contributed by atoms with Crippen molar-refractivity contribution in [1.82, 2.24) is 15.1 Å². The third-order valence-corrected chi connectivity index (χ3v) is 8.35. The van der Waals surface area contributed by atoms with Gasteiger partial charge in [0.25, 0.3) is 0 Å². The molecule has 1 spiro atoms. The maximum Gasteiger partial charge on any atom is 0.248 e. The molecule has 0 radical (unpaired) electrons. The van der Waals surface area contributed by atoms with Crippen LogP contribution in [0.5, 0.6) is 0 Å². The van der Waals surface area contributed by atoms with Gasteiger partial charge in [0.15, 0.2) is 0 Å². The molecule has 0 saturated carbocycles. The van der Waals surface area contributed by atoms with Gasteiger partial charge >= 0.3 is 0 Å². The van der Waals surface area contributed by atoms with Crippen molar-refractivity contribution < 1.29 is 14.3 Å². The van der Waals surface area contributed by atoms with E-state index in [2.05, 4.69) is 40.5 Å². The van der Waals surface area contributed by atoms with Gasteiger partial charge in [-0.1, -0.05) is 97.4 Å². The number of aryl methyl sites for hydroxylation is 1. The van der Waals surface area contributed by atoms with Crippen LogP contribution in [0.3, 0.4) is 0 Å². The lowest BCUT2D eigenvalue weighted by atomic mass is 9.81. The first-order chi connectivity index (χ1) is 19.6. The monoisotopic (exact) mass is 539 g/mol. The van der Waals surface area contributed by atoms with Gasteiger partial charge in [0, 0.05) is 19.6 Å². The summed E-state index contributed by atoms with van der Waals surface area (Å²) in [6.45, 7) is 3.68. The van der Waals surface area contributed by atoms with Crippen LogP contribution in [0.1, 0.15) is 48.8 Å². The standard InChI is InChI=1S/C34H41N3O3/c38-32-31(27-40-26-30-18-9-3-10-19-30)35-33(39)34(37(32)25-29-16-7-2-8-17-29)20-23-36(24-21-34)22-12-4-11-15-28-13-5-1-6-14-28/h1-3,5-10,13-14,16-19,31H,4,11-12,15,20-27H2,(H,35,39). The van der Waals surface area contributed by atoms with E-state index in [1.54, 1.807) is 0 Å². The van der Waals surface area contributed by atoms with Crippen molar-refractivity contribution in [3.63, 3.8) is 0 Å². The molecule has 40 heavy (non-hydrogen) atoms. The van der Waals surface area contributed by atoms with Gasteiger partial charge in [0.1, 0.15) is 11.6 Å². The minimum Gasteiger partial charge on any atom is -0.374 e. The lowest BCUT2D eigenvalue weighted by Crippen LogP contribution is -2.73. The van der Waals surface area contributed by atoms with Gasteiger partial charge in [-0.3, -0.25) is 9.59 Å².